The van der Waals surface area contributed by atoms with E-state index >= 15 is 0 Å². The minimum atomic E-state index is -0.813. The number of hydrogen-bond acceptors (Lipinski definition) is 5. The first-order valence-electron chi connectivity index (χ1n) is 9.54. The second-order valence-electron chi connectivity index (χ2n) is 6.72. The number of nitro benzene ring substituents is 1. The number of carbonyl (C=O) groups excluding carboxylic acids is 2. The van der Waals surface area contributed by atoms with Crippen molar-refractivity contribution in [2.45, 2.75) is 19.0 Å². The molecule has 3 N–H and O–H groups in total. The summed E-state index contributed by atoms with van der Waals surface area (Å²) >= 11 is 0. The molecular weight excluding hydrogens is 398 g/mol. The molecule has 0 aliphatic rings. The lowest BCUT2D eigenvalue weighted by Gasteiger charge is -2.19. The van der Waals surface area contributed by atoms with Crippen molar-refractivity contribution >= 4 is 23.3 Å². The molecule has 0 aliphatic heterocycles. The third-order valence-corrected chi connectivity index (χ3v) is 4.45. The second kappa shape index (κ2) is 10.5. The van der Waals surface area contributed by atoms with Gasteiger partial charge in [-0.3, -0.25) is 19.9 Å². The maximum Gasteiger partial charge on any atom is 0.315 e. The Labute approximate surface area is 178 Å². The second-order valence-corrected chi connectivity index (χ2v) is 6.72. The third-order valence-electron chi connectivity index (χ3n) is 4.45. The molecule has 0 saturated carbocycles. The minimum Gasteiger partial charge on any atom is -0.334 e. The Bertz CT molecular complexity index is 1030. The van der Waals surface area contributed by atoms with Gasteiger partial charge in [-0.25, -0.2) is 4.79 Å². The van der Waals surface area contributed by atoms with Crippen molar-refractivity contribution in [2.75, 3.05) is 5.32 Å². The molecule has 0 aliphatic carbocycles. The molecule has 0 spiro atoms. The lowest BCUT2D eigenvalue weighted by molar-refractivity contribution is -0.384. The van der Waals surface area contributed by atoms with E-state index in [1.807, 2.05) is 30.3 Å². The van der Waals surface area contributed by atoms with E-state index in [0.717, 1.165) is 5.56 Å². The van der Waals surface area contributed by atoms with Crippen LogP contribution in [0.15, 0.2) is 79.1 Å². The summed E-state index contributed by atoms with van der Waals surface area (Å²) < 4.78 is 0. The molecule has 0 radical (unpaired) electrons. The van der Waals surface area contributed by atoms with Crippen LogP contribution in [0.1, 0.15) is 11.1 Å². The normalized spacial score (nSPS) is 11.2. The molecule has 9 heteroatoms. The molecule has 9 nitrogen and oxygen atoms in total. The number of non-ortho nitro benzene ring substituents is 1. The highest BCUT2D eigenvalue weighted by Gasteiger charge is 2.21. The van der Waals surface area contributed by atoms with E-state index in [-0.39, 0.29) is 18.1 Å². The highest BCUT2D eigenvalue weighted by atomic mass is 16.6. The Morgan fingerprint density at radius 1 is 0.935 bits per heavy atom. The van der Waals surface area contributed by atoms with Crippen molar-refractivity contribution < 1.29 is 14.5 Å². The largest absolute Gasteiger partial charge is 0.334 e. The summed E-state index contributed by atoms with van der Waals surface area (Å²) in [4.78, 5) is 39.4. The molecule has 1 aromatic heterocycles. The minimum absolute atomic E-state index is 0.0242. The quantitative estimate of drug-likeness (QED) is 0.382. The molecule has 2 aromatic carbocycles. The van der Waals surface area contributed by atoms with E-state index in [4.69, 9.17) is 0 Å². The lowest BCUT2D eigenvalue weighted by atomic mass is 10.1. The first-order chi connectivity index (χ1) is 15.0. The van der Waals surface area contributed by atoms with Gasteiger partial charge in [-0.2, -0.15) is 0 Å². The Morgan fingerprint density at radius 3 is 2.26 bits per heavy atom. The maximum absolute atomic E-state index is 12.8. The first kappa shape index (κ1) is 21.4. The van der Waals surface area contributed by atoms with Crippen molar-refractivity contribution in [1.82, 2.24) is 15.6 Å². The summed E-state index contributed by atoms with van der Waals surface area (Å²) in [5, 5.41) is 18.9. The highest BCUT2D eigenvalue weighted by molar-refractivity contribution is 5.97. The van der Waals surface area contributed by atoms with Gasteiger partial charge >= 0.3 is 6.03 Å². The number of benzene rings is 2. The van der Waals surface area contributed by atoms with Crippen molar-refractivity contribution in [3.05, 3.63) is 100 Å². The molecule has 3 aromatic rings. The molecule has 0 fully saturated rings. The van der Waals surface area contributed by atoms with Gasteiger partial charge in [0.2, 0.25) is 5.91 Å². The average molecular weight is 419 g/mol. The summed E-state index contributed by atoms with van der Waals surface area (Å²) in [7, 11) is 0. The summed E-state index contributed by atoms with van der Waals surface area (Å²) in [6.45, 7) is 0.161. The van der Waals surface area contributed by atoms with Crippen LogP contribution in [0.3, 0.4) is 0 Å². The van der Waals surface area contributed by atoms with E-state index in [0.29, 0.717) is 17.7 Å². The number of urea groups is 1. The molecule has 3 amide bonds. The van der Waals surface area contributed by atoms with E-state index in [1.165, 1.54) is 12.1 Å². The number of nitro groups is 1. The van der Waals surface area contributed by atoms with Crippen LogP contribution in [0.5, 0.6) is 0 Å². The van der Waals surface area contributed by atoms with E-state index in [1.54, 1.807) is 36.7 Å². The summed E-state index contributed by atoms with van der Waals surface area (Å²) in [6.07, 6.45) is 3.43. The molecule has 3 rings (SSSR count). The van der Waals surface area contributed by atoms with Gasteiger partial charge in [0.05, 0.1) is 4.92 Å². The summed E-state index contributed by atoms with van der Waals surface area (Å²) in [5.41, 5.74) is 2.14. The van der Waals surface area contributed by atoms with E-state index < -0.39 is 17.0 Å². The number of pyridine rings is 1. The average Bonchev–Trinajstić information content (AvgIpc) is 2.79. The van der Waals surface area contributed by atoms with E-state index in [2.05, 4.69) is 20.9 Å². The van der Waals surface area contributed by atoms with Crippen LogP contribution < -0.4 is 16.0 Å². The van der Waals surface area contributed by atoms with Crippen LogP contribution in [-0.4, -0.2) is 27.9 Å². The smallest absolute Gasteiger partial charge is 0.315 e. The van der Waals surface area contributed by atoms with Crippen LogP contribution in [0, 0.1) is 10.1 Å². The number of anilines is 1. The third kappa shape index (κ3) is 6.64. The SMILES string of the molecule is O=C(NCc1ccc([N+](=O)[O-])cc1)NC(Cc1ccccc1)C(=O)Nc1ccncc1. The number of nitrogens with zero attached hydrogens (tertiary/aromatic N) is 2. The van der Waals surface area contributed by atoms with Crippen LogP contribution in [0.25, 0.3) is 0 Å². The molecule has 1 unspecified atom stereocenters. The van der Waals surface area contributed by atoms with Crippen LogP contribution in [0.4, 0.5) is 16.2 Å². The van der Waals surface area contributed by atoms with Gasteiger partial charge in [0.15, 0.2) is 0 Å². The Kier molecular flexibility index (Phi) is 7.26. The Morgan fingerprint density at radius 2 is 1.61 bits per heavy atom. The number of aromatic nitrogens is 1. The van der Waals surface area contributed by atoms with E-state index in [9.17, 15) is 19.7 Å². The number of rotatable bonds is 8. The van der Waals surface area contributed by atoms with Crippen molar-refractivity contribution in [3.8, 4) is 0 Å². The van der Waals surface area contributed by atoms with Crippen LogP contribution >= 0.6 is 0 Å². The molecule has 0 bridgehead atoms. The zero-order valence-electron chi connectivity index (χ0n) is 16.5. The summed E-state index contributed by atoms with van der Waals surface area (Å²) in [6, 6.07) is 17.2. The molecular formula is C22H21N5O4. The maximum atomic E-state index is 12.8. The number of amides is 3. The molecule has 31 heavy (non-hydrogen) atoms. The number of hydrogen-bond donors (Lipinski definition) is 3. The molecule has 0 saturated heterocycles. The standard InChI is InChI=1S/C22H21N5O4/c28-21(25-18-10-12-23-13-11-18)20(14-16-4-2-1-3-5-16)26-22(29)24-15-17-6-8-19(9-7-17)27(30)31/h1-13,20H,14-15H2,(H,23,25,28)(H2,24,26,29). The fourth-order valence-electron chi connectivity index (χ4n) is 2.85. The Balaban J connectivity index is 1.63. The van der Waals surface area contributed by atoms with Gasteiger partial charge in [-0.05, 0) is 23.3 Å². The van der Waals surface area contributed by atoms with Crippen molar-refractivity contribution in [2.24, 2.45) is 0 Å². The van der Waals surface area contributed by atoms with Gasteiger partial charge in [0, 0.05) is 43.2 Å². The van der Waals surface area contributed by atoms with Crippen molar-refractivity contribution in [3.63, 3.8) is 0 Å². The number of carbonyl (C=O) groups is 2. The zero-order valence-corrected chi connectivity index (χ0v) is 16.5. The fraction of sp³-hybridized carbons (Fsp3) is 0.136. The predicted molar refractivity (Wildman–Crippen MR) is 115 cm³/mol. The van der Waals surface area contributed by atoms with Gasteiger partial charge in [-0.15, -0.1) is 0 Å². The van der Waals surface area contributed by atoms with Gasteiger partial charge in [0.25, 0.3) is 5.69 Å². The van der Waals surface area contributed by atoms with Gasteiger partial charge in [0.1, 0.15) is 6.04 Å². The zero-order chi connectivity index (χ0) is 22.1. The predicted octanol–water partition coefficient (Wildman–Crippen LogP) is 3.04. The topological polar surface area (TPSA) is 126 Å². The fourth-order valence-corrected chi connectivity index (χ4v) is 2.85. The van der Waals surface area contributed by atoms with Gasteiger partial charge in [-0.1, -0.05) is 42.5 Å². The molecule has 1 atom stereocenters. The molecule has 158 valence electrons. The lowest BCUT2D eigenvalue weighted by Crippen LogP contribution is -2.49. The Hall–Kier alpha value is -4.27. The first-order valence-corrected chi connectivity index (χ1v) is 9.54. The highest BCUT2D eigenvalue weighted by Crippen LogP contribution is 2.12. The molecule has 1 heterocycles. The summed E-state index contributed by atoms with van der Waals surface area (Å²) in [5.74, 6) is -0.361. The van der Waals surface area contributed by atoms with Crippen LogP contribution in [-0.2, 0) is 17.8 Å². The monoisotopic (exact) mass is 419 g/mol. The van der Waals surface area contributed by atoms with Crippen molar-refractivity contribution in [1.29, 1.82) is 0 Å². The number of nitrogens with one attached hydrogen (secondary N) is 3. The van der Waals surface area contributed by atoms with Crippen LogP contribution in [0.2, 0.25) is 0 Å². The van der Waals surface area contributed by atoms with Gasteiger partial charge < -0.3 is 16.0 Å².